The third-order valence-electron chi connectivity index (χ3n) is 8.33. The normalized spacial score (nSPS) is 23.6. The third kappa shape index (κ3) is 4.95. The maximum atomic E-state index is 12.7. The van der Waals surface area contributed by atoms with Gasteiger partial charge < -0.3 is 19.9 Å². The Balaban J connectivity index is 1.11. The van der Waals surface area contributed by atoms with Crippen LogP contribution in [0, 0.1) is 0 Å². The summed E-state index contributed by atoms with van der Waals surface area (Å²) in [7, 11) is 6.01. The second-order valence-corrected chi connectivity index (χ2v) is 10.4. The number of carbonyl (C=O) groups excluding carboxylic acids is 1. The largest absolute Gasteiger partial charge is 0.497 e. The summed E-state index contributed by atoms with van der Waals surface area (Å²) < 4.78 is 5.41. The van der Waals surface area contributed by atoms with Gasteiger partial charge in [-0.05, 0) is 87.9 Å². The molecule has 36 heavy (non-hydrogen) atoms. The lowest BCUT2D eigenvalue weighted by Crippen LogP contribution is -2.49. The van der Waals surface area contributed by atoms with Crippen molar-refractivity contribution in [3.63, 3.8) is 0 Å². The maximum Gasteiger partial charge on any atom is 0.426 e. The van der Waals surface area contributed by atoms with Gasteiger partial charge >= 0.3 is 6.09 Å². The second-order valence-electron chi connectivity index (χ2n) is 10.4. The van der Waals surface area contributed by atoms with Gasteiger partial charge in [-0.1, -0.05) is 30.3 Å². The van der Waals surface area contributed by atoms with E-state index < -0.39 is 0 Å². The lowest BCUT2D eigenvalue weighted by molar-refractivity contribution is -0.115. The molecule has 0 radical (unpaired) electrons. The number of H-pyrrole nitrogens is 1. The molecule has 1 saturated carbocycles. The Morgan fingerprint density at radius 3 is 2.44 bits per heavy atom. The fraction of sp³-hybridized carbons (Fsp3) is 0.483. The Kier molecular flexibility index (Phi) is 7.21. The summed E-state index contributed by atoms with van der Waals surface area (Å²) in [4.78, 5) is 24.1. The molecule has 2 N–H and O–H groups in total. The Morgan fingerprint density at radius 2 is 1.78 bits per heavy atom. The molecule has 0 atom stereocenters. The Hall–Kier alpha value is -3.03. The number of piperidine rings is 1. The first kappa shape index (κ1) is 24.7. The highest BCUT2D eigenvalue weighted by Gasteiger charge is 2.39. The van der Waals surface area contributed by atoms with Gasteiger partial charge in [-0.25, -0.2) is 4.79 Å². The van der Waals surface area contributed by atoms with Crippen LogP contribution in [0.25, 0.3) is 10.9 Å². The molecule has 2 aliphatic rings. The summed E-state index contributed by atoms with van der Waals surface area (Å²) in [5, 5.41) is 6.16. The first-order valence-electron chi connectivity index (χ1n) is 13.1. The van der Waals surface area contributed by atoms with Crippen LogP contribution >= 0.6 is 0 Å². The molecule has 1 amide bonds. The quantitative estimate of drug-likeness (QED) is 0.484. The van der Waals surface area contributed by atoms with E-state index in [9.17, 15) is 4.79 Å². The summed E-state index contributed by atoms with van der Waals surface area (Å²) in [6.45, 7) is 1.47. The van der Waals surface area contributed by atoms with E-state index >= 15 is 0 Å². The number of amides is 1. The van der Waals surface area contributed by atoms with E-state index in [2.05, 4.69) is 78.0 Å². The van der Waals surface area contributed by atoms with Crippen LogP contribution in [0.3, 0.4) is 0 Å². The average molecular weight is 491 g/mol. The van der Waals surface area contributed by atoms with Gasteiger partial charge in [0.2, 0.25) is 0 Å². The van der Waals surface area contributed by atoms with Crippen molar-refractivity contribution in [2.45, 2.75) is 56.0 Å². The minimum Gasteiger partial charge on any atom is -0.497 e. The molecular formula is C29H38N4O3. The number of carbonyl (C=O) groups is 1. The first-order valence-corrected chi connectivity index (χ1v) is 13.1. The van der Waals surface area contributed by atoms with Crippen LogP contribution < -0.4 is 10.1 Å². The minimum atomic E-state index is -0.327. The van der Waals surface area contributed by atoms with Gasteiger partial charge in [0, 0.05) is 41.8 Å². The van der Waals surface area contributed by atoms with Crippen molar-refractivity contribution in [3.05, 3.63) is 65.9 Å². The molecule has 0 bridgehead atoms. The van der Waals surface area contributed by atoms with Gasteiger partial charge in [-0.3, -0.25) is 4.90 Å². The Morgan fingerprint density at radius 1 is 1.06 bits per heavy atom. The van der Waals surface area contributed by atoms with E-state index in [1.54, 1.807) is 7.11 Å². The van der Waals surface area contributed by atoms with Crippen LogP contribution in [0.1, 0.15) is 55.6 Å². The number of rotatable bonds is 6. The molecule has 1 aliphatic heterocycles. The van der Waals surface area contributed by atoms with Crippen molar-refractivity contribution in [2.24, 2.45) is 0 Å². The number of methoxy groups -OCH3 is 1. The highest BCUT2D eigenvalue weighted by Crippen LogP contribution is 2.41. The summed E-state index contributed by atoms with van der Waals surface area (Å²) in [5.41, 5.74) is 3.82. The average Bonchev–Trinajstić information content (AvgIpc) is 3.33. The van der Waals surface area contributed by atoms with Gasteiger partial charge in [-0.2, -0.15) is 0 Å². The van der Waals surface area contributed by atoms with Gasteiger partial charge in [0.25, 0.3) is 0 Å². The van der Waals surface area contributed by atoms with Crippen LogP contribution in [0.15, 0.2) is 54.7 Å². The van der Waals surface area contributed by atoms with E-state index in [1.807, 2.05) is 11.1 Å². The molecule has 7 nitrogen and oxygen atoms in total. The number of fused-ring (bicyclic) bond motifs is 1. The topological polar surface area (TPSA) is 69.8 Å². The van der Waals surface area contributed by atoms with Crippen LogP contribution in [-0.4, -0.2) is 61.4 Å². The van der Waals surface area contributed by atoms with E-state index in [4.69, 9.17) is 9.57 Å². The molecule has 0 spiro atoms. The van der Waals surface area contributed by atoms with Crippen molar-refractivity contribution >= 4 is 17.0 Å². The first-order chi connectivity index (χ1) is 17.5. The number of hydroxylamine groups is 2. The monoisotopic (exact) mass is 490 g/mol. The molecule has 1 saturated heterocycles. The number of hydrogen-bond donors (Lipinski definition) is 2. The van der Waals surface area contributed by atoms with Crippen molar-refractivity contribution in [1.82, 2.24) is 20.3 Å². The smallest absolute Gasteiger partial charge is 0.426 e. The van der Waals surface area contributed by atoms with Crippen molar-refractivity contribution in [1.29, 1.82) is 0 Å². The van der Waals surface area contributed by atoms with Crippen LogP contribution in [0.5, 0.6) is 5.75 Å². The molecule has 1 aromatic heterocycles. The summed E-state index contributed by atoms with van der Waals surface area (Å²) in [6, 6.07) is 17.0. The van der Waals surface area contributed by atoms with Gasteiger partial charge in [0.15, 0.2) is 0 Å². The van der Waals surface area contributed by atoms with Crippen molar-refractivity contribution in [3.8, 4) is 5.75 Å². The van der Waals surface area contributed by atoms with Crippen LogP contribution in [0.2, 0.25) is 0 Å². The molecule has 2 aromatic carbocycles. The fourth-order valence-corrected chi connectivity index (χ4v) is 6.14. The van der Waals surface area contributed by atoms with E-state index in [-0.39, 0.29) is 17.7 Å². The van der Waals surface area contributed by atoms with Crippen molar-refractivity contribution < 1.29 is 14.4 Å². The molecule has 7 heteroatoms. The van der Waals surface area contributed by atoms with Crippen LogP contribution in [-0.2, 0) is 10.4 Å². The van der Waals surface area contributed by atoms with E-state index in [0.29, 0.717) is 5.92 Å². The number of aromatic amines is 1. The fourth-order valence-electron chi connectivity index (χ4n) is 6.14. The van der Waals surface area contributed by atoms with Gasteiger partial charge in [-0.15, -0.1) is 5.06 Å². The molecule has 2 fully saturated rings. The number of nitrogens with one attached hydrogen (secondary N) is 2. The highest BCUT2D eigenvalue weighted by atomic mass is 16.7. The summed E-state index contributed by atoms with van der Waals surface area (Å²) in [6.07, 6.45) is 7.58. The number of nitrogens with zero attached hydrogens (tertiary/aromatic N) is 2. The van der Waals surface area contributed by atoms with Crippen LogP contribution in [0.4, 0.5) is 4.79 Å². The zero-order valence-corrected chi connectivity index (χ0v) is 21.6. The minimum absolute atomic E-state index is 0.0254. The summed E-state index contributed by atoms with van der Waals surface area (Å²) >= 11 is 0. The van der Waals surface area contributed by atoms with E-state index in [0.717, 1.165) is 62.9 Å². The molecule has 2 heterocycles. The van der Waals surface area contributed by atoms with Gasteiger partial charge in [0.1, 0.15) is 5.75 Å². The number of ether oxygens (including phenoxy) is 1. The number of benzene rings is 2. The molecule has 1 aliphatic carbocycles. The molecule has 5 rings (SSSR count). The molecule has 192 valence electrons. The van der Waals surface area contributed by atoms with Gasteiger partial charge in [0.05, 0.1) is 7.11 Å². The standard InChI is InChI=1S/C29H38N4O3/c1-32(2)29(22-7-5-4-6-8-22)15-11-23(12-16-29)31-28(34)36-33-17-13-21(14-18-33)26-20-30-27-10-9-24(35-3)19-25(26)27/h4-10,19-21,23,30H,11-18H2,1-3H3,(H,31,34). The molecule has 3 aromatic rings. The zero-order chi connectivity index (χ0) is 25.1. The lowest BCUT2D eigenvalue weighted by atomic mass is 9.74. The number of aromatic nitrogens is 1. The Bertz CT molecular complexity index is 1160. The second kappa shape index (κ2) is 10.5. The Labute approximate surface area is 213 Å². The van der Waals surface area contributed by atoms with E-state index in [1.165, 1.54) is 16.5 Å². The molecule has 0 unspecified atom stereocenters. The predicted octanol–water partition coefficient (Wildman–Crippen LogP) is 5.40. The maximum absolute atomic E-state index is 12.7. The summed E-state index contributed by atoms with van der Waals surface area (Å²) in [5.74, 6) is 1.30. The zero-order valence-electron chi connectivity index (χ0n) is 21.6. The lowest BCUT2D eigenvalue weighted by Gasteiger charge is -2.45. The third-order valence-corrected chi connectivity index (χ3v) is 8.33. The SMILES string of the molecule is COc1ccc2[nH]cc(C3CCN(OC(=O)NC4CCC(c5ccccc5)(N(C)C)CC4)CC3)c2c1. The van der Waals surface area contributed by atoms with Crippen molar-refractivity contribution in [2.75, 3.05) is 34.3 Å². The number of hydrogen-bond acceptors (Lipinski definition) is 5. The predicted molar refractivity (Wildman–Crippen MR) is 142 cm³/mol. The molecular weight excluding hydrogens is 452 g/mol. The highest BCUT2D eigenvalue weighted by molar-refractivity contribution is 5.85.